The van der Waals surface area contributed by atoms with Gasteiger partial charge in [-0.25, -0.2) is 0 Å². The Morgan fingerprint density at radius 1 is 1.13 bits per heavy atom. The lowest BCUT2D eigenvalue weighted by Gasteiger charge is -2.35. The summed E-state index contributed by atoms with van der Waals surface area (Å²) in [5.74, 6) is 0.206. The number of carbonyl (C=O) groups is 1. The van der Waals surface area contributed by atoms with Crippen molar-refractivity contribution in [3.8, 4) is 0 Å². The Morgan fingerprint density at radius 2 is 1.78 bits per heavy atom. The molecule has 0 aliphatic carbocycles. The minimum Gasteiger partial charge on any atom is -0.385 e. The summed E-state index contributed by atoms with van der Waals surface area (Å²) in [5.41, 5.74) is 1.36. The number of piperazine rings is 1. The van der Waals surface area contributed by atoms with E-state index in [1.807, 2.05) is 11.9 Å². The van der Waals surface area contributed by atoms with Gasteiger partial charge < -0.3 is 9.64 Å². The zero-order chi connectivity index (χ0) is 16.5. The second kappa shape index (κ2) is 9.65. The van der Waals surface area contributed by atoms with Crippen LogP contribution in [0.15, 0.2) is 30.3 Å². The summed E-state index contributed by atoms with van der Waals surface area (Å²) in [7, 11) is 3.57. The molecule has 1 aliphatic rings. The van der Waals surface area contributed by atoms with Crippen LogP contribution in [0.2, 0.25) is 0 Å². The number of nitrogens with zero attached hydrogens (tertiary/aromatic N) is 3. The average molecular weight is 319 g/mol. The predicted octanol–water partition coefficient (Wildman–Crippen LogP) is 1.30. The maximum absolute atomic E-state index is 12.2. The van der Waals surface area contributed by atoms with E-state index >= 15 is 0 Å². The Bertz CT molecular complexity index is 459. The Morgan fingerprint density at radius 3 is 2.43 bits per heavy atom. The highest BCUT2D eigenvalue weighted by atomic mass is 16.5. The van der Waals surface area contributed by atoms with E-state index in [9.17, 15) is 4.79 Å². The maximum atomic E-state index is 12.2. The van der Waals surface area contributed by atoms with Crippen LogP contribution in [0, 0.1) is 0 Å². The van der Waals surface area contributed by atoms with Crippen LogP contribution >= 0.6 is 0 Å². The summed E-state index contributed by atoms with van der Waals surface area (Å²) in [6.45, 7) is 6.97. The van der Waals surface area contributed by atoms with Crippen molar-refractivity contribution in [2.75, 3.05) is 60.0 Å². The summed E-state index contributed by atoms with van der Waals surface area (Å²) in [5, 5.41) is 0. The normalized spacial score (nSPS) is 16.4. The molecule has 0 N–H and O–H groups in total. The molecule has 5 heteroatoms. The van der Waals surface area contributed by atoms with E-state index in [-0.39, 0.29) is 5.91 Å². The van der Waals surface area contributed by atoms with Crippen LogP contribution in [0.4, 0.5) is 0 Å². The van der Waals surface area contributed by atoms with Crippen molar-refractivity contribution in [3.63, 3.8) is 0 Å². The second-order valence-electron chi connectivity index (χ2n) is 6.20. The summed E-state index contributed by atoms with van der Waals surface area (Å²) in [6, 6.07) is 10.6. The van der Waals surface area contributed by atoms with Gasteiger partial charge in [-0.2, -0.15) is 0 Å². The standard InChI is InChI=1S/C18H29N3O2/c1-19(9-6-14-23-2)18(22)16-21-12-10-20(11-13-21)15-17-7-4-3-5-8-17/h3-5,7-8H,6,9-16H2,1-2H3. The van der Waals surface area contributed by atoms with Crippen LogP contribution in [0.1, 0.15) is 12.0 Å². The van der Waals surface area contributed by atoms with Crippen LogP contribution in [-0.2, 0) is 16.1 Å². The molecule has 1 aromatic rings. The second-order valence-corrected chi connectivity index (χ2v) is 6.20. The maximum Gasteiger partial charge on any atom is 0.236 e. The molecule has 0 saturated carbocycles. The van der Waals surface area contributed by atoms with Crippen LogP contribution < -0.4 is 0 Å². The number of carbonyl (C=O) groups excluding carboxylic acids is 1. The van der Waals surface area contributed by atoms with E-state index in [0.29, 0.717) is 13.2 Å². The van der Waals surface area contributed by atoms with Gasteiger partial charge >= 0.3 is 0 Å². The molecule has 1 heterocycles. The number of likely N-dealkylation sites (N-methyl/N-ethyl adjacent to an activating group) is 1. The van der Waals surface area contributed by atoms with Crippen LogP contribution in [-0.4, -0.2) is 80.6 Å². The fraction of sp³-hybridized carbons (Fsp3) is 0.611. The Kier molecular flexibility index (Phi) is 7.52. The van der Waals surface area contributed by atoms with Crippen molar-refractivity contribution in [1.29, 1.82) is 0 Å². The number of methoxy groups -OCH3 is 1. The lowest BCUT2D eigenvalue weighted by atomic mass is 10.2. The third-order valence-electron chi connectivity index (χ3n) is 4.34. The van der Waals surface area contributed by atoms with Gasteiger partial charge in [0.25, 0.3) is 0 Å². The molecule has 0 atom stereocenters. The first-order valence-corrected chi connectivity index (χ1v) is 8.40. The van der Waals surface area contributed by atoms with Crippen molar-refractivity contribution in [2.24, 2.45) is 0 Å². The van der Waals surface area contributed by atoms with E-state index in [1.54, 1.807) is 7.11 Å². The van der Waals surface area contributed by atoms with Gasteiger partial charge in [0.2, 0.25) is 5.91 Å². The minimum absolute atomic E-state index is 0.206. The molecule has 0 bridgehead atoms. The topological polar surface area (TPSA) is 36.0 Å². The highest BCUT2D eigenvalue weighted by Crippen LogP contribution is 2.08. The molecule has 0 radical (unpaired) electrons. The Hall–Kier alpha value is -1.43. The molecule has 23 heavy (non-hydrogen) atoms. The highest BCUT2D eigenvalue weighted by molar-refractivity contribution is 5.77. The SMILES string of the molecule is COCCCN(C)C(=O)CN1CCN(Cc2ccccc2)CC1. The quantitative estimate of drug-likeness (QED) is 0.677. The fourth-order valence-corrected chi connectivity index (χ4v) is 2.83. The van der Waals surface area contributed by atoms with E-state index in [4.69, 9.17) is 4.74 Å². The molecule has 1 fully saturated rings. The molecule has 2 rings (SSSR count). The van der Waals surface area contributed by atoms with Gasteiger partial charge in [-0.3, -0.25) is 14.6 Å². The summed E-state index contributed by atoms with van der Waals surface area (Å²) < 4.78 is 5.03. The smallest absolute Gasteiger partial charge is 0.236 e. The van der Waals surface area contributed by atoms with Crippen molar-refractivity contribution in [1.82, 2.24) is 14.7 Å². The van der Waals surface area contributed by atoms with E-state index < -0.39 is 0 Å². The molecule has 0 unspecified atom stereocenters. The van der Waals surface area contributed by atoms with Crippen LogP contribution in [0.3, 0.4) is 0 Å². The number of amides is 1. The Labute approximate surface area is 139 Å². The third-order valence-corrected chi connectivity index (χ3v) is 4.34. The molecule has 1 saturated heterocycles. The van der Waals surface area contributed by atoms with E-state index in [0.717, 1.165) is 45.7 Å². The zero-order valence-electron chi connectivity index (χ0n) is 14.4. The number of ether oxygens (including phenoxy) is 1. The molecular formula is C18H29N3O2. The van der Waals surface area contributed by atoms with Gasteiger partial charge in [0.05, 0.1) is 6.54 Å². The lowest BCUT2D eigenvalue weighted by molar-refractivity contribution is -0.131. The molecule has 1 amide bonds. The van der Waals surface area contributed by atoms with E-state index in [1.165, 1.54) is 5.56 Å². The number of hydrogen-bond donors (Lipinski definition) is 0. The minimum atomic E-state index is 0.206. The number of benzene rings is 1. The molecular weight excluding hydrogens is 290 g/mol. The lowest BCUT2D eigenvalue weighted by Crippen LogP contribution is -2.49. The van der Waals surface area contributed by atoms with E-state index in [2.05, 4.69) is 40.1 Å². The van der Waals surface area contributed by atoms with Gasteiger partial charge in [0.1, 0.15) is 0 Å². The van der Waals surface area contributed by atoms with Gasteiger partial charge in [-0.15, -0.1) is 0 Å². The number of hydrogen-bond acceptors (Lipinski definition) is 4. The molecule has 128 valence electrons. The summed E-state index contributed by atoms with van der Waals surface area (Å²) >= 11 is 0. The summed E-state index contributed by atoms with van der Waals surface area (Å²) in [6.07, 6.45) is 0.892. The monoisotopic (exact) mass is 319 g/mol. The molecule has 1 aliphatic heterocycles. The zero-order valence-corrected chi connectivity index (χ0v) is 14.4. The molecule has 0 spiro atoms. The molecule has 5 nitrogen and oxygen atoms in total. The fourth-order valence-electron chi connectivity index (χ4n) is 2.83. The Balaban J connectivity index is 1.67. The van der Waals surface area contributed by atoms with Gasteiger partial charge in [0.15, 0.2) is 0 Å². The third kappa shape index (κ3) is 6.29. The largest absolute Gasteiger partial charge is 0.385 e. The average Bonchev–Trinajstić information content (AvgIpc) is 2.57. The van der Waals surface area contributed by atoms with Gasteiger partial charge in [0, 0.05) is 60.0 Å². The van der Waals surface area contributed by atoms with Crippen LogP contribution in [0.5, 0.6) is 0 Å². The predicted molar refractivity (Wildman–Crippen MR) is 92.3 cm³/mol. The number of rotatable bonds is 8. The first-order valence-electron chi connectivity index (χ1n) is 8.40. The summed E-state index contributed by atoms with van der Waals surface area (Å²) in [4.78, 5) is 18.7. The highest BCUT2D eigenvalue weighted by Gasteiger charge is 2.20. The van der Waals surface area contributed by atoms with Gasteiger partial charge in [-0.05, 0) is 12.0 Å². The molecule has 1 aromatic carbocycles. The first-order chi connectivity index (χ1) is 11.2. The first kappa shape index (κ1) is 17.9. The molecule has 0 aromatic heterocycles. The van der Waals surface area contributed by atoms with Crippen molar-refractivity contribution >= 4 is 5.91 Å². The van der Waals surface area contributed by atoms with Crippen molar-refractivity contribution in [2.45, 2.75) is 13.0 Å². The van der Waals surface area contributed by atoms with Gasteiger partial charge in [-0.1, -0.05) is 30.3 Å². The van der Waals surface area contributed by atoms with Crippen molar-refractivity contribution in [3.05, 3.63) is 35.9 Å². The van der Waals surface area contributed by atoms with Crippen molar-refractivity contribution < 1.29 is 9.53 Å². The van der Waals surface area contributed by atoms with Crippen LogP contribution in [0.25, 0.3) is 0 Å².